The standard InChI is InChI=1S/Ce.H3O4P.H2O/c;1-5(2,3)4;/h;(H3,1,2,3,4);1H2/q+1;;/p-1. The molecule has 0 heterocycles. The van der Waals surface area contributed by atoms with Crippen LogP contribution in [0.1, 0.15) is 0 Å². The van der Waals surface area contributed by atoms with Gasteiger partial charge in [0.25, 0.3) is 0 Å². The Morgan fingerprint density at radius 3 is 1.14 bits per heavy atom. The van der Waals surface area contributed by atoms with Crippen LogP contribution in [-0.4, -0.2) is 16.0 Å². The molecular formula is H4CeO5P. The summed E-state index contributed by atoms with van der Waals surface area (Å²) in [6, 6.07) is 0. The zero-order chi connectivity index (χ0) is 6.50. The molecule has 7 heavy (non-hydrogen) atoms. The third-order valence-corrected chi connectivity index (χ3v) is 0. The van der Waals surface area contributed by atoms with Crippen molar-refractivity contribution in [2.24, 2.45) is 0 Å². The van der Waals surface area contributed by atoms with Gasteiger partial charge in [-0.15, -0.1) is 0 Å². The van der Waals surface area contributed by atoms with Crippen molar-refractivity contribution in [2.75, 3.05) is 0 Å². The maximum atomic E-state index is 8.88. The van der Waals surface area contributed by atoms with E-state index in [0.717, 1.165) is 0 Å². The van der Waals surface area contributed by atoms with E-state index in [1.54, 1.807) is 0 Å². The van der Waals surface area contributed by atoms with E-state index < -0.39 is 7.82 Å². The molecule has 7 heteroatoms. The summed E-state index contributed by atoms with van der Waals surface area (Å²) in [5.74, 6) is 0. The molecule has 0 saturated carbocycles. The van der Waals surface area contributed by atoms with Crippen molar-refractivity contribution < 1.29 is 60.8 Å². The minimum atomic E-state index is -4.64. The Bertz CT molecular complexity index is 54.2. The van der Waals surface area contributed by atoms with Gasteiger partial charge < -0.3 is 14.7 Å². The summed E-state index contributed by atoms with van der Waals surface area (Å²) >= 11 is 0.306. The van der Waals surface area contributed by atoms with E-state index >= 15 is 0 Å². The fraction of sp³-hybridized carbons (Fsp3) is 0. The first-order chi connectivity index (χ1) is 3.00. The van der Waals surface area contributed by atoms with Gasteiger partial charge in [-0.1, -0.05) is 0 Å². The monoisotopic (exact) mass is 255 g/mol. The molecule has 0 rings (SSSR count). The van der Waals surface area contributed by atoms with Crippen LogP contribution in [-0.2, 0) is 4.57 Å². The van der Waals surface area contributed by atoms with Crippen molar-refractivity contribution in [1.29, 1.82) is 0 Å². The Balaban J connectivity index is 0. The molecule has 0 aromatic carbocycles. The second-order valence-corrected chi connectivity index (χ2v) is 1.54. The summed E-state index contributed by atoms with van der Waals surface area (Å²) < 4.78 is 16.0. The summed E-state index contributed by atoms with van der Waals surface area (Å²) in [5, 5.41) is 0. The van der Waals surface area contributed by atoms with Gasteiger partial charge in [0.1, 0.15) is 0 Å². The summed E-state index contributed by atoms with van der Waals surface area (Å²) in [6.07, 6.45) is 0. The van der Waals surface area contributed by atoms with E-state index in [-0.39, 0.29) is 0 Å². The quantitative estimate of drug-likeness (QED) is 0.395. The average molecular weight is 255 g/mol. The van der Waals surface area contributed by atoms with E-state index in [4.69, 9.17) is 20.6 Å². The van der Waals surface area contributed by atoms with E-state index in [1.807, 2.05) is 0 Å². The van der Waals surface area contributed by atoms with Crippen LogP contribution in [0.25, 0.3) is 0 Å². The summed E-state index contributed by atoms with van der Waals surface area (Å²) in [7, 11) is -4.64. The molecule has 0 amide bonds. The normalized spacial score (nSPS) is 9.00. The Labute approximate surface area is 68.0 Å². The van der Waals surface area contributed by atoms with E-state index in [9.17, 15) is 0 Å². The number of rotatable bonds is 0. The summed E-state index contributed by atoms with van der Waals surface area (Å²) in [6.45, 7) is 0. The molecule has 0 aliphatic carbocycles. The molecule has 0 fully saturated rings. The van der Waals surface area contributed by atoms with Gasteiger partial charge in [0.15, 0.2) is 0 Å². The molecule has 0 aliphatic heterocycles. The minimum absolute atomic E-state index is 0.306. The van der Waals surface area contributed by atoms with Gasteiger partial charge in [0.05, 0.1) is 0 Å². The number of hydrogen-bond donors (Lipinski definition) is 4. The van der Waals surface area contributed by atoms with E-state index in [0.29, 0.717) is 40.2 Å². The first-order valence-corrected chi connectivity index (χ1v) is 3.98. The second kappa shape index (κ2) is 5.58. The summed E-state index contributed by atoms with van der Waals surface area (Å²) in [4.78, 5) is 21.6. The van der Waals surface area contributed by atoms with E-state index in [1.165, 1.54) is 0 Å². The topological polar surface area (TPSA) is 98.0 Å². The van der Waals surface area contributed by atoms with Crippen LogP contribution in [0, 0.1) is 40.2 Å². The molecule has 0 aromatic heterocycles. The van der Waals surface area contributed by atoms with Gasteiger partial charge in [-0.2, -0.15) is 0 Å². The van der Waals surface area contributed by atoms with Gasteiger partial charge in [0.2, 0.25) is 0 Å². The van der Waals surface area contributed by atoms with Crippen molar-refractivity contribution in [3.63, 3.8) is 0 Å². The molecule has 0 aliphatic rings. The van der Waals surface area contributed by atoms with Crippen LogP contribution in [0.4, 0.5) is 0 Å². The van der Waals surface area contributed by atoms with Crippen molar-refractivity contribution >= 4 is 7.82 Å². The first kappa shape index (κ1) is 11.3. The van der Waals surface area contributed by atoms with Gasteiger partial charge in [-0.25, -0.2) is 4.57 Å². The molecule has 43 valence electrons. The number of hydrogen-bond acceptors (Lipinski definition) is 2. The molecule has 0 bridgehead atoms. The van der Waals surface area contributed by atoms with Crippen molar-refractivity contribution in [3.8, 4) is 0 Å². The number of phosphoric acid groups is 1. The molecule has 4 N–H and O–H groups in total. The molecule has 5 nitrogen and oxygen atoms in total. The Hall–Kier alpha value is 1.45. The van der Waals surface area contributed by atoms with Crippen molar-refractivity contribution in [2.45, 2.75) is 0 Å². The average Bonchev–Trinajstić information content (AvgIpc) is 1.36. The molecule has 0 atom stereocenters. The summed E-state index contributed by atoms with van der Waals surface area (Å²) in [5.41, 5.74) is 0. The van der Waals surface area contributed by atoms with Crippen LogP contribution in [0.2, 0.25) is 0 Å². The predicted octanol–water partition coefficient (Wildman–Crippen LogP) is -1.49. The van der Waals surface area contributed by atoms with Crippen LogP contribution in [0.3, 0.4) is 0 Å². The molecule has 0 spiro atoms. The fourth-order valence-electron chi connectivity index (χ4n) is 0. The Morgan fingerprint density at radius 1 is 1.14 bits per heavy atom. The zero-order valence-corrected chi connectivity index (χ0v) is 7.18. The Kier molecular flexibility index (Phi) is 8.99. The van der Waals surface area contributed by atoms with Gasteiger partial charge in [-0.05, 0) is 0 Å². The molecular weight excluding hydrogens is 251 g/mol. The molecule has 0 radical (unpaired) electrons. The Morgan fingerprint density at radius 2 is 1.14 bits per heavy atom. The van der Waals surface area contributed by atoms with Crippen LogP contribution < -0.4 is 0 Å². The van der Waals surface area contributed by atoms with Gasteiger partial charge in [0, 0.05) is 0 Å². The van der Waals surface area contributed by atoms with Gasteiger partial charge >= 0.3 is 49.4 Å². The van der Waals surface area contributed by atoms with Crippen LogP contribution in [0.5, 0.6) is 0 Å². The third kappa shape index (κ3) is 106. The maximum absolute atomic E-state index is 8.88. The van der Waals surface area contributed by atoms with Crippen LogP contribution in [0.15, 0.2) is 0 Å². The van der Waals surface area contributed by atoms with Gasteiger partial charge in [-0.3, -0.25) is 0 Å². The third-order valence-electron chi connectivity index (χ3n) is 0. The molecule has 0 aromatic rings. The van der Waals surface area contributed by atoms with E-state index in [2.05, 4.69) is 0 Å². The SMILES string of the molecule is O=P(O)(O)O.[OH][Ce]. The fourth-order valence-corrected chi connectivity index (χ4v) is 0. The second-order valence-electron chi connectivity index (χ2n) is 0.513. The predicted molar refractivity (Wildman–Crippen MR) is 16.5 cm³/mol. The molecule has 0 saturated heterocycles. The van der Waals surface area contributed by atoms with Crippen molar-refractivity contribution in [1.82, 2.24) is 0 Å². The first-order valence-electron chi connectivity index (χ1n) is 1.01. The zero-order valence-electron chi connectivity index (χ0n) is 3.14. The molecule has 0 unspecified atom stereocenters. The van der Waals surface area contributed by atoms with Crippen LogP contribution >= 0.6 is 7.82 Å². The van der Waals surface area contributed by atoms with Crippen molar-refractivity contribution in [3.05, 3.63) is 0 Å².